The summed E-state index contributed by atoms with van der Waals surface area (Å²) in [5, 5.41) is 24.9. The maximum Gasteiger partial charge on any atom is 0.262 e. The van der Waals surface area contributed by atoms with Crippen LogP contribution in [0, 0.1) is 17.7 Å². The lowest BCUT2D eigenvalue weighted by atomic mass is 9.88. The highest BCUT2D eigenvalue weighted by Gasteiger charge is 2.45. The summed E-state index contributed by atoms with van der Waals surface area (Å²) in [7, 11) is 0. The van der Waals surface area contributed by atoms with Crippen molar-refractivity contribution in [2.24, 2.45) is 11.8 Å². The number of hydrogen-bond acceptors (Lipinski definition) is 12. The van der Waals surface area contributed by atoms with Crippen molar-refractivity contribution in [3.63, 3.8) is 0 Å². The van der Waals surface area contributed by atoms with Crippen LogP contribution in [0.5, 0.6) is 5.75 Å². The van der Waals surface area contributed by atoms with Gasteiger partial charge in [-0.2, -0.15) is 0 Å². The van der Waals surface area contributed by atoms with Gasteiger partial charge in [0, 0.05) is 70.4 Å². The molecule has 3 N–H and O–H groups in total. The van der Waals surface area contributed by atoms with Gasteiger partial charge in [0.15, 0.2) is 5.82 Å². The van der Waals surface area contributed by atoms with Crippen LogP contribution in [0.2, 0.25) is 0 Å². The van der Waals surface area contributed by atoms with Crippen molar-refractivity contribution in [2.45, 2.75) is 63.6 Å². The lowest BCUT2D eigenvalue weighted by molar-refractivity contribution is -0.136. The van der Waals surface area contributed by atoms with Crippen LogP contribution in [-0.4, -0.2) is 131 Å². The van der Waals surface area contributed by atoms with E-state index in [4.69, 9.17) is 0 Å². The van der Waals surface area contributed by atoms with E-state index in [1.807, 2.05) is 23.1 Å². The van der Waals surface area contributed by atoms with Crippen LogP contribution in [0.25, 0.3) is 11.3 Å². The van der Waals surface area contributed by atoms with Crippen molar-refractivity contribution in [2.75, 3.05) is 74.0 Å². The van der Waals surface area contributed by atoms with Crippen LogP contribution in [0.4, 0.5) is 21.6 Å². The van der Waals surface area contributed by atoms with Crippen molar-refractivity contribution in [1.82, 2.24) is 30.2 Å². The fraction of sp³-hybridized carbons (Fsp3) is 0.512. The Morgan fingerprint density at radius 1 is 0.839 bits per heavy atom. The maximum absolute atomic E-state index is 15.5. The van der Waals surface area contributed by atoms with Gasteiger partial charge >= 0.3 is 0 Å². The number of imide groups is 2. The molecule has 1 aromatic heterocycles. The molecule has 15 heteroatoms. The Morgan fingerprint density at radius 2 is 1.61 bits per heavy atom. The van der Waals surface area contributed by atoms with Gasteiger partial charge in [-0.1, -0.05) is 12.1 Å². The third-order valence-corrected chi connectivity index (χ3v) is 12.9. The van der Waals surface area contributed by atoms with Crippen LogP contribution < -0.4 is 20.4 Å². The second-order valence-corrected chi connectivity index (χ2v) is 16.4. The first kappa shape index (κ1) is 36.5. The highest BCUT2D eigenvalue weighted by atomic mass is 19.1. The molecule has 4 saturated heterocycles. The van der Waals surface area contributed by atoms with Gasteiger partial charge in [0.1, 0.15) is 17.6 Å². The second-order valence-electron chi connectivity index (χ2n) is 16.4. The molecule has 14 nitrogen and oxygen atoms in total. The molecule has 4 amide bonds. The van der Waals surface area contributed by atoms with Gasteiger partial charge in [-0.25, -0.2) is 4.39 Å². The smallest absolute Gasteiger partial charge is 0.262 e. The van der Waals surface area contributed by atoms with Gasteiger partial charge in [-0.3, -0.25) is 34.3 Å². The number of para-hydroxylation sites is 1. The number of piperidine rings is 3. The van der Waals surface area contributed by atoms with Crippen LogP contribution >= 0.6 is 0 Å². The van der Waals surface area contributed by atoms with E-state index in [2.05, 4.69) is 42.5 Å². The predicted molar refractivity (Wildman–Crippen MR) is 207 cm³/mol. The summed E-state index contributed by atoms with van der Waals surface area (Å²) < 4.78 is 15.5. The molecule has 0 radical (unpaired) electrons. The van der Waals surface area contributed by atoms with Crippen molar-refractivity contribution >= 4 is 40.8 Å². The normalized spacial score (nSPS) is 26.1. The van der Waals surface area contributed by atoms with Crippen molar-refractivity contribution in [1.29, 1.82) is 0 Å². The van der Waals surface area contributed by atoms with E-state index in [0.717, 1.165) is 94.0 Å². The molecule has 4 atom stereocenters. The number of rotatable bonds is 7. The minimum atomic E-state index is -1.08. The number of aromatic nitrogens is 2. The molecule has 0 bridgehead atoms. The lowest BCUT2D eigenvalue weighted by Crippen LogP contribution is -2.58. The quantitative estimate of drug-likeness (QED) is 0.303. The number of halogens is 1. The largest absolute Gasteiger partial charge is 0.507 e. The zero-order valence-electron chi connectivity index (χ0n) is 31.6. The Hall–Kier alpha value is -5.15. The Kier molecular flexibility index (Phi) is 9.60. The number of carbonyl (C=O) groups excluding carboxylic acids is 4. The standard InChI is InChI=1S/C41H48FN9O5/c1-24-16-26(21-47-14-15-50-27(23-47)20-43-38-35(50)19-32(45-46-38)28-4-2-3-5-36(28)52)10-13-49(24)22-25-8-11-48(12-9-25)34-18-30-29(17-31(34)42)40(55)51(41(30)56)33-6-7-37(53)44-39(33)54/h2-5,17-19,24-27,33,52H,6-16,20-23H2,1H3,(H,43,46)(H,44,53,54)/t24?,26?,27-,33?/m0/s1. The van der Waals surface area contributed by atoms with Crippen LogP contribution in [0.3, 0.4) is 0 Å². The first-order valence-corrected chi connectivity index (χ1v) is 20.0. The number of fused-ring (bicyclic) bond motifs is 4. The second kappa shape index (κ2) is 14.7. The number of nitrogens with one attached hydrogen (secondary N) is 2. The summed E-state index contributed by atoms with van der Waals surface area (Å²) in [5.74, 6) is -0.876. The topological polar surface area (TPSA) is 155 Å². The molecule has 294 valence electrons. The van der Waals surface area contributed by atoms with E-state index >= 15 is 4.39 Å². The molecule has 3 aromatic rings. The number of phenols is 1. The number of hydrogen-bond donors (Lipinski definition) is 3. The monoisotopic (exact) mass is 765 g/mol. The van der Waals surface area contributed by atoms with Crippen LogP contribution in [-0.2, 0) is 9.59 Å². The molecule has 2 aromatic carbocycles. The molecular formula is C41H48FN9O5. The zero-order chi connectivity index (χ0) is 38.7. The number of anilines is 3. The molecule has 0 saturated carbocycles. The zero-order valence-corrected chi connectivity index (χ0v) is 31.6. The molecule has 6 aliphatic rings. The Balaban J connectivity index is 0.756. The molecule has 4 fully saturated rings. The van der Waals surface area contributed by atoms with E-state index in [0.29, 0.717) is 54.0 Å². The Labute approximate surface area is 325 Å². The van der Waals surface area contributed by atoms with E-state index in [1.165, 1.54) is 6.07 Å². The lowest BCUT2D eigenvalue weighted by Gasteiger charge is -2.47. The number of piperazine rings is 1. The molecule has 6 aliphatic heterocycles. The average molecular weight is 766 g/mol. The fourth-order valence-corrected chi connectivity index (χ4v) is 9.87. The molecule has 0 aliphatic carbocycles. The van der Waals surface area contributed by atoms with Crippen LogP contribution in [0.1, 0.15) is 66.2 Å². The number of amides is 4. The third-order valence-electron chi connectivity index (χ3n) is 12.9. The minimum absolute atomic E-state index is 0.0317. The summed E-state index contributed by atoms with van der Waals surface area (Å²) in [4.78, 5) is 61.1. The average Bonchev–Trinajstić information content (AvgIpc) is 3.43. The number of aromatic hydroxyl groups is 1. The van der Waals surface area contributed by atoms with Gasteiger partial charge in [-0.05, 0) is 87.7 Å². The number of carbonyl (C=O) groups is 4. The van der Waals surface area contributed by atoms with Gasteiger partial charge < -0.3 is 25.1 Å². The first-order chi connectivity index (χ1) is 27.1. The fourth-order valence-electron chi connectivity index (χ4n) is 9.87. The number of benzene rings is 2. The molecule has 0 spiro atoms. The number of likely N-dealkylation sites (tertiary alicyclic amines) is 1. The van der Waals surface area contributed by atoms with Crippen molar-refractivity contribution in [3.05, 3.63) is 59.4 Å². The summed E-state index contributed by atoms with van der Waals surface area (Å²) >= 11 is 0. The third kappa shape index (κ3) is 6.74. The summed E-state index contributed by atoms with van der Waals surface area (Å²) in [6, 6.07) is 11.6. The van der Waals surface area contributed by atoms with Crippen molar-refractivity contribution < 1.29 is 28.7 Å². The molecule has 9 rings (SSSR count). The van der Waals surface area contributed by atoms with E-state index < -0.39 is 35.5 Å². The van der Waals surface area contributed by atoms with E-state index in [9.17, 15) is 24.3 Å². The predicted octanol–water partition coefficient (Wildman–Crippen LogP) is 3.32. The SMILES string of the molecule is CC1CC(CN2CCN3c4cc(-c5ccccc5O)nnc4NC[C@H]3C2)CCN1CC1CCN(c2cc3c(cc2F)C(=O)N(C2CCC(=O)NC2=O)C3=O)CC1. The van der Waals surface area contributed by atoms with E-state index in [-0.39, 0.29) is 29.7 Å². The Bertz CT molecular complexity index is 2070. The van der Waals surface area contributed by atoms with Gasteiger partial charge in [0.2, 0.25) is 11.8 Å². The van der Waals surface area contributed by atoms with E-state index in [1.54, 1.807) is 12.1 Å². The highest BCUT2D eigenvalue weighted by molar-refractivity contribution is 6.23. The molecule has 3 unspecified atom stereocenters. The number of nitrogens with zero attached hydrogens (tertiary/aromatic N) is 7. The maximum atomic E-state index is 15.5. The summed E-state index contributed by atoms with van der Waals surface area (Å²) in [5.41, 5.74) is 2.77. The molecular weight excluding hydrogens is 718 g/mol. The summed E-state index contributed by atoms with van der Waals surface area (Å²) in [6.07, 6.45) is 4.22. The number of phenolic OH excluding ortho intramolecular Hbond substituents is 1. The van der Waals surface area contributed by atoms with Crippen molar-refractivity contribution in [3.8, 4) is 17.0 Å². The molecule has 7 heterocycles. The minimum Gasteiger partial charge on any atom is -0.507 e. The van der Waals surface area contributed by atoms with Crippen LogP contribution in [0.15, 0.2) is 42.5 Å². The van der Waals surface area contributed by atoms with Gasteiger partial charge in [0.25, 0.3) is 11.8 Å². The first-order valence-electron chi connectivity index (χ1n) is 20.0. The van der Waals surface area contributed by atoms with Gasteiger partial charge in [-0.15, -0.1) is 10.2 Å². The van der Waals surface area contributed by atoms with Gasteiger partial charge in [0.05, 0.1) is 34.2 Å². The summed E-state index contributed by atoms with van der Waals surface area (Å²) in [6.45, 7) is 10.5. The molecule has 56 heavy (non-hydrogen) atoms. The highest BCUT2D eigenvalue weighted by Crippen LogP contribution is 2.38. The Morgan fingerprint density at radius 3 is 2.38 bits per heavy atom.